The molecule has 2 aliphatic rings. The molecule has 0 saturated carbocycles. The van der Waals surface area contributed by atoms with E-state index >= 15 is 0 Å². The van der Waals surface area contributed by atoms with Gasteiger partial charge in [0, 0.05) is 37.3 Å². The average molecular weight is 430 g/mol. The maximum atomic E-state index is 13.4. The van der Waals surface area contributed by atoms with Crippen LogP contribution >= 0.6 is 0 Å². The first-order valence-electron chi connectivity index (χ1n) is 9.91. The van der Waals surface area contributed by atoms with Crippen molar-refractivity contribution >= 4 is 21.7 Å². The lowest BCUT2D eigenvalue weighted by atomic mass is 9.90. The van der Waals surface area contributed by atoms with Crippen LogP contribution in [0, 0.1) is 5.82 Å². The number of halogens is 1. The van der Waals surface area contributed by atoms with Crippen molar-refractivity contribution in [2.24, 2.45) is 0 Å². The summed E-state index contributed by atoms with van der Waals surface area (Å²) in [5.74, 6) is -0.00600. The van der Waals surface area contributed by atoms with Gasteiger partial charge in [-0.15, -0.1) is 0 Å². The summed E-state index contributed by atoms with van der Waals surface area (Å²) in [7, 11) is -3.35. The normalized spacial score (nSPS) is 17.6. The number of fused-ring (bicyclic) bond motifs is 1. The van der Waals surface area contributed by atoms with Gasteiger partial charge in [-0.2, -0.15) is 4.31 Å². The molecule has 0 spiro atoms. The number of hydrogen-bond donors (Lipinski definition) is 1. The van der Waals surface area contributed by atoms with Crippen LogP contribution in [0.15, 0.2) is 54.5 Å². The molecule has 6 nitrogen and oxygen atoms in total. The number of urea groups is 1. The van der Waals surface area contributed by atoms with E-state index in [1.54, 1.807) is 11.0 Å². The summed E-state index contributed by atoms with van der Waals surface area (Å²) in [6.07, 6.45) is 1.50. The summed E-state index contributed by atoms with van der Waals surface area (Å²) in [6.45, 7) is 5.19. The lowest BCUT2D eigenvalue weighted by Gasteiger charge is -2.30. The third-order valence-corrected chi connectivity index (χ3v) is 7.34. The fourth-order valence-electron chi connectivity index (χ4n) is 4.10. The lowest BCUT2D eigenvalue weighted by Crippen LogP contribution is -2.36. The van der Waals surface area contributed by atoms with Crippen LogP contribution in [-0.4, -0.2) is 36.7 Å². The molecule has 2 aromatic carbocycles. The standard InChI is InChI=1S/C22H24FN3O3S/c1-2-30(28,29)26-11-9-17(10-12-26)16-4-7-21(8-5-16)24-22(27)25-14-18-3-6-20(23)13-19(18)15-25/h2-8,13,17H,1,9-12,14-15H2,(H,24,27). The van der Waals surface area contributed by atoms with Gasteiger partial charge in [0.15, 0.2) is 0 Å². The Morgan fingerprint density at radius 3 is 2.40 bits per heavy atom. The van der Waals surface area contributed by atoms with Crippen LogP contribution in [0.3, 0.4) is 0 Å². The highest BCUT2D eigenvalue weighted by Crippen LogP contribution is 2.30. The molecule has 2 aliphatic heterocycles. The molecular weight excluding hydrogens is 405 g/mol. The molecule has 8 heteroatoms. The Kier molecular flexibility index (Phi) is 5.62. The van der Waals surface area contributed by atoms with E-state index in [4.69, 9.17) is 0 Å². The van der Waals surface area contributed by atoms with Crippen molar-refractivity contribution in [3.63, 3.8) is 0 Å². The van der Waals surface area contributed by atoms with E-state index in [1.807, 2.05) is 24.3 Å². The first-order chi connectivity index (χ1) is 14.4. The molecular formula is C22H24FN3O3S. The summed E-state index contributed by atoms with van der Waals surface area (Å²) in [5.41, 5.74) is 3.63. The molecule has 30 heavy (non-hydrogen) atoms. The number of nitrogens with one attached hydrogen (secondary N) is 1. The van der Waals surface area contributed by atoms with E-state index in [0.29, 0.717) is 31.9 Å². The second-order valence-electron chi connectivity index (χ2n) is 7.71. The van der Waals surface area contributed by atoms with Gasteiger partial charge in [-0.05, 0) is 59.7 Å². The number of nitrogens with zero attached hydrogens (tertiary/aromatic N) is 2. The Balaban J connectivity index is 1.33. The van der Waals surface area contributed by atoms with Gasteiger partial charge in [0.05, 0.1) is 0 Å². The Morgan fingerprint density at radius 2 is 1.73 bits per heavy atom. The molecule has 2 amide bonds. The monoisotopic (exact) mass is 429 g/mol. The van der Waals surface area contributed by atoms with E-state index in [0.717, 1.165) is 34.9 Å². The third kappa shape index (κ3) is 4.24. The summed E-state index contributed by atoms with van der Waals surface area (Å²) in [6, 6.07) is 12.1. The predicted octanol–water partition coefficient (Wildman–Crippen LogP) is 4.03. The second kappa shape index (κ2) is 8.20. The van der Waals surface area contributed by atoms with Crippen LogP contribution in [0.2, 0.25) is 0 Å². The number of carbonyl (C=O) groups excluding carboxylic acids is 1. The van der Waals surface area contributed by atoms with Crippen molar-refractivity contribution in [1.29, 1.82) is 0 Å². The van der Waals surface area contributed by atoms with Crippen molar-refractivity contribution in [2.75, 3.05) is 18.4 Å². The molecule has 158 valence electrons. The number of sulfonamides is 1. The van der Waals surface area contributed by atoms with Crippen molar-refractivity contribution < 1.29 is 17.6 Å². The molecule has 1 N–H and O–H groups in total. The fraction of sp³-hybridized carbons (Fsp3) is 0.318. The number of carbonyl (C=O) groups is 1. The van der Waals surface area contributed by atoms with Gasteiger partial charge >= 0.3 is 6.03 Å². The molecule has 1 saturated heterocycles. The number of anilines is 1. The SMILES string of the molecule is C=CS(=O)(=O)N1CCC(c2ccc(NC(=O)N3Cc4ccc(F)cc4C3)cc2)CC1. The molecule has 0 aromatic heterocycles. The van der Waals surface area contributed by atoms with Crippen LogP contribution in [0.4, 0.5) is 14.9 Å². The zero-order valence-corrected chi connectivity index (χ0v) is 17.4. The van der Waals surface area contributed by atoms with Crippen LogP contribution in [0.1, 0.15) is 35.4 Å². The topological polar surface area (TPSA) is 69.7 Å². The Hall–Kier alpha value is -2.71. The number of hydrogen-bond acceptors (Lipinski definition) is 3. The minimum absolute atomic E-state index is 0.220. The molecule has 0 aliphatic carbocycles. The maximum Gasteiger partial charge on any atom is 0.322 e. The van der Waals surface area contributed by atoms with Crippen molar-refractivity contribution in [1.82, 2.24) is 9.21 Å². The van der Waals surface area contributed by atoms with Gasteiger partial charge in [0.2, 0.25) is 10.0 Å². The predicted molar refractivity (Wildman–Crippen MR) is 114 cm³/mol. The van der Waals surface area contributed by atoms with Gasteiger partial charge in [0.1, 0.15) is 5.82 Å². The van der Waals surface area contributed by atoms with Crippen LogP contribution in [-0.2, 0) is 23.1 Å². The highest BCUT2D eigenvalue weighted by Gasteiger charge is 2.27. The zero-order chi connectivity index (χ0) is 21.3. The van der Waals surface area contributed by atoms with Crippen LogP contribution < -0.4 is 5.32 Å². The summed E-state index contributed by atoms with van der Waals surface area (Å²) in [4.78, 5) is 14.2. The maximum absolute atomic E-state index is 13.4. The smallest absolute Gasteiger partial charge is 0.316 e. The molecule has 1 fully saturated rings. The van der Waals surface area contributed by atoms with Gasteiger partial charge in [-0.1, -0.05) is 24.8 Å². The third-order valence-electron chi connectivity index (χ3n) is 5.84. The first kappa shape index (κ1) is 20.6. The summed E-state index contributed by atoms with van der Waals surface area (Å²) < 4.78 is 38.6. The molecule has 2 aromatic rings. The van der Waals surface area contributed by atoms with E-state index in [1.165, 1.54) is 16.4 Å². The van der Waals surface area contributed by atoms with Gasteiger partial charge in [-0.3, -0.25) is 0 Å². The number of rotatable bonds is 4. The zero-order valence-electron chi connectivity index (χ0n) is 16.6. The molecule has 0 bridgehead atoms. The number of amides is 2. The Bertz CT molecular complexity index is 1060. The van der Waals surface area contributed by atoms with Crippen LogP contribution in [0.25, 0.3) is 0 Å². The van der Waals surface area contributed by atoms with Crippen molar-refractivity contribution in [3.05, 3.63) is 77.0 Å². The lowest BCUT2D eigenvalue weighted by molar-refractivity contribution is 0.212. The molecule has 4 rings (SSSR count). The number of benzene rings is 2. The Labute approximate surface area is 176 Å². The van der Waals surface area contributed by atoms with Gasteiger partial charge in [-0.25, -0.2) is 17.6 Å². The molecule has 2 heterocycles. The largest absolute Gasteiger partial charge is 0.322 e. The second-order valence-corrected chi connectivity index (χ2v) is 9.59. The molecule has 0 unspecified atom stereocenters. The van der Waals surface area contributed by atoms with Gasteiger partial charge in [0.25, 0.3) is 0 Å². The van der Waals surface area contributed by atoms with Crippen LogP contribution in [0.5, 0.6) is 0 Å². The first-order valence-corrected chi connectivity index (χ1v) is 11.4. The van der Waals surface area contributed by atoms with E-state index in [2.05, 4.69) is 11.9 Å². The highest BCUT2D eigenvalue weighted by molar-refractivity contribution is 7.92. The average Bonchev–Trinajstić information content (AvgIpc) is 3.18. The quantitative estimate of drug-likeness (QED) is 0.798. The fourth-order valence-corrected chi connectivity index (χ4v) is 5.03. The van der Waals surface area contributed by atoms with Gasteiger partial charge < -0.3 is 10.2 Å². The molecule has 0 radical (unpaired) electrons. The summed E-state index contributed by atoms with van der Waals surface area (Å²) in [5, 5.41) is 3.89. The van der Waals surface area contributed by atoms with Crippen molar-refractivity contribution in [3.8, 4) is 0 Å². The number of piperidine rings is 1. The Morgan fingerprint density at radius 1 is 1.07 bits per heavy atom. The minimum Gasteiger partial charge on any atom is -0.316 e. The van der Waals surface area contributed by atoms with Crippen molar-refractivity contribution in [2.45, 2.75) is 31.8 Å². The molecule has 0 atom stereocenters. The summed E-state index contributed by atoms with van der Waals surface area (Å²) >= 11 is 0. The minimum atomic E-state index is -3.35. The van der Waals surface area contributed by atoms with E-state index < -0.39 is 10.0 Å². The van der Waals surface area contributed by atoms with E-state index in [9.17, 15) is 17.6 Å². The van der Waals surface area contributed by atoms with E-state index in [-0.39, 0.29) is 17.8 Å². The highest BCUT2D eigenvalue weighted by atomic mass is 32.2.